The van der Waals surface area contributed by atoms with Gasteiger partial charge >= 0.3 is 0 Å². The maximum Gasteiger partial charge on any atom is 0.172 e. The molecular formula is C10H10INO2. The van der Waals surface area contributed by atoms with E-state index in [0.717, 1.165) is 3.70 Å². The molecule has 0 amide bonds. The highest BCUT2D eigenvalue weighted by Crippen LogP contribution is 2.32. The normalized spacial score (nSPS) is 18.6. The summed E-state index contributed by atoms with van der Waals surface area (Å²) in [6.45, 7) is 3.84. The number of aromatic nitrogens is 1. The zero-order valence-corrected chi connectivity index (χ0v) is 10.2. The van der Waals surface area contributed by atoms with Gasteiger partial charge < -0.3 is 4.74 Å². The monoisotopic (exact) mass is 303 g/mol. The summed E-state index contributed by atoms with van der Waals surface area (Å²) in [5.74, 6) is 0.769. The molecule has 0 aromatic carbocycles. The molecule has 1 aliphatic rings. The topological polar surface area (TPSA) is 39.2 Å². The van der Waals surface area contributed by atoms with E-state index in [0.29, 0.717) is 17.7 Å². The molecule has 74 valence electrons. The van der Waals surface area contributed by atoms with Crippen LogP contribution in [0.15, 0.2) is 12.3 Å². The smallest absolute Gasteiger partial charge is 0.172 e. The highest BCUT2D eigenvalue weighted by molar-refractivity contribution is 14.1. The molecule has 2 heterocycles. The van der Waals surface area contributed by atoms with Gasteiger partial charge in [0.1, 0.15) is 15.1 Å². The van der Waals surface area contributed by atoms with Crippen molar-refractivity contribution < 1.29 is 9.53 Å². The summed E-state index contributed by atoms with van der Waals surface area (Å²) >= 11 is 2.10. The van der Waals surface area contributed by atoms with Gasteiger partial charge in [-0.3, -0.25) is 4.79 Å². The first kappa shape index (κ1) is 9.89. The second kappa shape index (κ2) is 3.18. The molecule has 1 aromatic rings. The van der Waals surface area contributed by atoms with Crippen molar-refractivity contribution in [2.75, 3.05) is 0 Å². The van der Waals surface area contributed by atoms with Gasteiger partial charge in [0.15, 0.2) is 5.78 Å². The molecule has 0 saturated heterocycles. The third-order valence-electron chi connectivity index (χ3n) is 2.11. The van der Waals surface area contributed by atoms with E-state index in [1.54, 1.807) is 12.3 Å². The Bertz CT molecular complexity index is 401. The molecule has 1 aromatic heterocycles. The Kier molecular flexibility index (Phi) is 2.25. The number of hydrogen-bond donors (Lipinski definition) is 0. The van der Waals surface area contributed by atoms with Gasteiger partial charge in [-0.05, 0) is 36.4 Å². The lowest BCUT2D eigenvalue weighted by atomic mass is 9.94. The molecule has 14 heavy (non-hydrogen) atoms. The Morgan fingerprint density at radius 1 is 1.57 bits per heavy atom. The van der Waals surface area contributed by atoms with Crippen LogP contribution >= 0.6 is 22.6 Å². The Balaban J connectivity index is 2.51. The molecule has 1 aliphatic heterocycles. The third kappa shape index (κ3) is 1.75. The lowest BCUT2D eigenvalue weighted by Crippen LogP contribution is -2.36. The Labute approximate surface area is 96.0 Å². The van der Waals surface area contributed by atoms with Gasteiger partial charge in [0.2, 0.25) is 0 Å². The molecule has 0 aliphatic carbocycles. The fraction of sp³-hybridized carbons (Fsp3) is 0.400. The Hall–Kier alpha value is -0.650. The quantitative estimate of drug-likeness (QED) is 0.546. The van der Waals surface area contributed by atoms with Crippen LogP contribution in [0, 0.1) is 3.70 Å². The van der Waals surface area contributed by atoms with E-state index in [1.165, 1.54) is 0 Å². The zero-order valence-electron chi connectivity index (χ0n) is 8.00. The van der Waals surface area contributed by atoms with Crippen LogP contribution in [0.25, 0.3) is 0 Å². The highest BCUT2D eigenvalue weighted by Gasteiger charge is 2.32. The first-order valence-electron chi connectivity index (χ1n) is 4.36. The van der Waals surface area contributed by atoms with E-state index >= 15 is 0 Å². The van der Waals surface area contributed by atoms with Crippen LogP contribution in [0.3, 0.4) is 0 Å². The van der Waals surface area contributed by atoms with E-state index in [-0.39, 0.29) is 5.78 Å². The van der Waals surface area contributed by atoms with Crippen LogP contribution < -0.4 is 4.74 Å². The van der Waals surface area contributed by atoms with E-state index in [9.17, 15) is 4.79 Å². The minimum Gasteiger partial charge on any atom is -0.486 e. The fourth-order valence-electron chi connectivity index (χ4n) is 1.52. The molecule has 4 heteroatoms. The minimum absolute atomic E-state index is 0.111. The number of nitrogens with zero attached hydrogens (tertiary/aromatic N) is 1. The predicted octanol–water partition coefficient (Wildman–Crippen LogP) is 2.43. The van der Waals surface area contributed by atoms with E-state index in [2.05, 4.69) is 27.6 Å². The average molecular weight is 303 g/mol. The van der Waals surface area contributed by atoms with E-state index in [4.69, 9.17) is 4.74 Å². The first-order chi connectivity index (χ1) is 6.48. The Morgan fingerprint density at radius 3 is 3.00 bits per heavy atom. The van der Waals surface area contributed by atoms with Crippen molar-refractivity contribution in [3.05, 3.63) is 21.5 Å². The number of pyridine rings is 1. The van der Waals surface area contributed by atoms with Gasteiger partial charge in [0, 0.05) is 12.3 Å². The largest absolute Gasteiger partial charge is 0.486 e. The summed E-state index contributed by atoms with van der Waals surface area (Å²) < 4.78 is 6.54. The summed E-state index contributed by atoms with van der Waals surface area (Å²) in [6.07, 6.45) is 2.01. The number of ether oxygens (including phenoxy) is 1. The van der Waals surface area contributed by atoms with Crippen LogP contribution in [-0.4, -0.2) is 16.4 Å². The number of carbonyl (C=O) groups is 1. The number of halogens is 1. The summed E-state index contributed by atoms with van der Waals surface area (Å²) in [5.41, 5.74) is 0.207. The van der Waals surface area contributed by atoms with Crippen molar-refractivity contribution in [2.45, 2.75) is 25.9 Å². The maximum atomic E-state index is 11.7. The lowest BCUT2D eigenvalue weighted by molar-refractivity contribution is 0.0618. The Morgan fingerprint density at radius 2 is 2.29 bits per heavy atom. The number of fused-ring (bicyclic) bond motifs is 1. The molecule has 0 unspecified atom stereocenters. The van der Waals surface area contributed by atoms with Crippen LogP contribution in [0.1, 0.15) is 30.6 Å². The molecule has 0 N–H and O–H groups in total. The molecular weight excluding hydrogens is 293 g/mol. The molecule has 0 bridgehead atoms. The second-order valence-electron chi connectivity index (χ2n) is 3.96. The molecule has 0 fully saturated rings. The molecule has 0 radical (unpaired) electrons. The van der Waals surface area contributed by atoms with Crippen LogP contribution in [0.2, 0.25) is 0 Å². The third-order valence-corrected chi connectivity index (χ3v) is 2.70. The SMILES string of the molecule is CC1(C)CC(=O)c2cnc(I)cc2O1. The molecule has 3 nitrogen and oxygen atoms in total. The molecule has 0 spiro atoms. The van der Waals surface area contributed by atoms with Gasteiger partial charge in [-0.25, -0.2) is 4.98 Å². The highest BCUT2D eigenvalue weighted by atomic mass is 127. The van der Waals surface area contributed by atoms with Crippen molar-refractivity contribution in [2.24, 2.45) is 0 Å². The van der Waals surface area contributed by atoms with Gasteiger partial charge in [-0.1, -0.05) is 0 Å². The van der Waals surface area contributed by atoms with Crippen LogP contribution in [0.5, 0.6) is 5.75 Å². The second-order valence-corrected chi connectivity index (χ2v) is 5.07. The average Bonchev–Trinajstić information content (AvgIpc) is 2.00. The fourth-order valence-corrected chi connectivity index (χ4v) is 1.94. The van der Waals surface area contributed by atoms with Crippen molar-refractivity contribution in [3.63, 3.8) is 0 Å². The molecule has 0 atom stereocenters. The number of rotatable bonds is 0. The summed E-state index contributed by atoms with van der Waals surface area (Å²) in [7, 11) is 0. The van der Waals surface area contributed by atoms with Crippen molar-refractivity contribution in [1.29, 1.82) is 0 Å². The maximum absolute atomic E-state index is 11.7. The summed E-state index contributed by atoms with van der Waals surface area (Å²) in [6, 6.07) is 1.80. The van der Waals surface area contributed by atoms with Gasteiger partial charge in [-0.15, -0.1) is 0 Å². The van der Waals surface area contributed by atoms with Gasteiger partial charge in [0.05, 0.1) is 12.0 Å². The van der Waals surface area contributed by atoms with Crippen molar-refractivity contribution >= 4 is 28.4 Å². The van der Waals surface area contributed by atoms with Crippen molar-refractivity contribution in [1.82, 2.24) is 4.98 Å². The van der Waals surface area contributed by atoms with Crippen molar-refractivity contribution in [3.8, 4) is 5.75 Å². The number of carbonyl (C=O) groups excluding carboxylic acids is 1. The molecule has 0 saturated carbocycles. The van der Waals surface area contributed by atoms with Crippen LogP contribution in [-0.2, 0) is 0 Å². The standard InChI is InChI=1S/C10H10INO2/c1-10(2)4-7(13)6-5-12-9(11)3-8(6)14-10/h3,5H,4H2,1-2H3. The number of Topliss-reactive ketones (excluding diaryl/α,β-unsaturated/α-hetero) is 1. The summed E-state index contributed by atoms with van der Waals surface area (Å²) in [5, 5.41) is 0. The van der Waals surface area contributed by atoms with Gasteiger partial charge in [0.25, 0.3) is 0 Å². The predicted molar refractivity (Wildman–Crippen MR) is 60.6 cm³/mol. The van der Waals surface area contributed by atoms with E-state index in [1.807, 2.05) is 13.8 Å². The number of ketones is 1. The summed E-state index contributed by atoms with van der Waals surface area (Å²) in [4.78, 5) is 15.8. The first-order valence-corrected chi connectivity index (χ1v) is 5.44. The zero-order chi connectivity index (χ0) is 10.3. The van der Waals surface area contributed by atoms with Crippen LogP contribution in [0.4, 0.5) is 0 Å². The number of hydrogen-bond acceptors (Lipinski definition) is 3. The van der Waals surface area contributed by atoms with Gasteiger partial charge in [-0.2, -0.15) is 0 Å². The molecule has 2 rings (SSSR count). The lowest BCUT2D eigenvalue weighted by Gasteiger charge is -2.31. The minimum atomic E-state index is -0.394. The van der Waals surface area contributed by atoms with E-state index < -0.39 is 5.60 Å².